The first-order chi connectivity index (χ1) is 15.2. The molecule has 7 nitrogen and oxygen atoms in total. The summed E-state index contributed by atoms with van der Waals surface area (Å²) >= 11 is 0. The normalized spacial score (nSPS) is 15.0. The third kappa shape index (κ3) is 4.83. The van der Waals surface area contributed by atoms with Gasteiger partial charge in [0.15, 0.2) is 0 Å². The number of pyridine rings is 2. The van der Waals surface area contributed by atoms with Crippen molar-refractivity contribution in [2.24, 2.45) is 0 Å². The van der Waals surface area contributed by atoms with Crippen molar-refractivity contribution in [3.05, 3.63) is 71.7 Å². The first-order valence-corrected chi connectivity index (χ1v) is 10.2. The zero-order valence-corrected chi connectivity index (χ0v) is 17.6. The van der Waals surface area contributed by atoms with Gasteiger partial charge in [0.1, 0.15) is 19.0 Å². The number of nitrogens with zero attached hydrogens (tertiary/aromatic N) is 2. The topological polar surface area (TPSA) is 82.6 Å². The predicted molar refractivity (Wildman–Crippen MR) is 116 cm³/mol. The van der Waals surface area contributed by atoms with Gasteiger partial charge in [0.2, 0.25) is 5.88 Å². The van der Waals surface area contributed by atoms with E-state index in [0.717, 1.165) is 28.0 Å². The van der Waals surface area contributed by atoms with Crippen LogP contribution in [-0.2, 0) is 11.2 Å². The van der Waals surface area contributed by atoms with E-state index < -0.39 is 0 Å². The Hall–Kier alpha value is -3.45. The minimum absolute atomic E-state index is 0.138. The predicted octanol–water partition coefficient (Wildman–Crippen LogP) is 3.21. The molecule has 160 valence electrons. The van der Waals surface area contributed by atoms with Gasteiger partial charge < -0.3 is 19.5 Å². The molecule has 0 saturated carbocycles. The highest BCUT2D eigenvalue weighted by Gasteiger charge is 2.25. The molecular weight excluding hydrogens is 394 g/mol. The fourth-order valence-electron chi connectivity index (χ4n) is 3.63. The monoisotopic (exact) mass is 419 g/mol. The lowest BCUT2D eigenvalue weighted by atomic mass is 9.91. The summed E-state index contributed by atoms with van der Waals surface area (Å²) in [6, 6.07) is 11.3. The van der Waals surface area contributed by atoms with Gasteiger partial charge in [0.05, 0.1) is 18.2 Å². The van der Waals surface area contributed by atoms with E-state index in [1.807, 2.05) is 31.3 Å². The Morgan fingerprint density at radius 3 is 2.84 bits per heavy atom. The van der Waals surface area contributed by atoms with Crippen LogP contribution < -0.4 is 14.8 Å². The van der Waals surface area contributed by atoms with Gasteiger partial charge >= 0.3 is 0 Å². The van der Waals surface area contributed by atoms with Crippen molar-refractivity contribution in [3.63, 3.8) is 0 Å². The molecule has 0 bridgehead atoms. The van der Waals surface area contributed by atoms with Crippen LogP contribution in [0.15, 0.2) is 55.0 Å². The summed E-state index contributed by atoms with van der Waals surface area (Å²) in [6.45, 7) is 3.35. The minimum Gasteiger partial charge on any atom is -0.491 e. The maximum absolute atomic E-state index is 12.7. The highest BCUT2D eigenvalue weighted by molar-refractivity contribution is 5.94. The number of carbonyl (C=O) groups excluding carboxylic acids is 1. The first-order valence-electron chi connectivity index (χ1n) is 10.2. The van der Waals surface area contributed by atoms with Crippen LogP contribution in [0.2, 0.25) is 0 Å². The van der Waals surface area contributed by atoms with Crippen LogP contribution in [0.5, 0.6) is 11.6 Å². The number of nitrogens with one attached hydrogen (secondary N) is 1. The summed E-state index contributed by atoms with van der Waals surface area (Å²) in [7, 11) is 1.61. The van der Waals surface area contributed by atoms with Gasteiger partial charge in [-0.2, -0.15) is 0 Å². The summed E-state index contributed by atoms with van der Waals surface area (Å²) in [5.74, 6) is 1.13. The maximum atomic E-state index is 12.7. The van der Waals surface area contributed by atoms with E-state index in [1.54, 1.807) is 25.4 Å². The quantitative estimate of drug-likeness (QED) is 0.592. The van der Waals surface area contributed by atoms with Crippen molar-refractivity contribution in [2.75, 3.05) is 26.9 Å². The van der Waals surface area contributed by atoms with E-state index >= 15 is 0 Å². The molecule has 0 radical (unpaired) electrons. The van der Waals surface area contributed by atoms with Crippen LogP contribution in [0, 0.1) is 6.92 Å². The molecule has 1 amide bonds. The number of fused-ring (bicyclic) bond motifs is 1. The number of rotatable bonds is 7. The van der Waals surface area contributed by atoms with E-state index in [2.05, 4.69) is 21.4 Å². The molecule has 2 aromatic heterocycles. The van der Waals surface area contributed by atoms with Crippen LogP contribution in [0.4, 0.5) is 0 Å². The van der Waals surface area contributed by atoms with Crippen molar-refractivity contribution in [2.45, 2.75) is 19.4 Å². The molecule has 1 N–H and O–H groups in total. The van der Waals surface area contributed by atoms with E-state index in [9.17, 15) is 4.79 Å². The maximum Gasteiger partial charge on any atom is 0.253 e. The number of hydrogen-bond donors (Lipinski definition) is 1. The largest absolute Gasteiger partial charge is 0.491 e. The number of ether oxygens (including phenoxy) is 3. The van der Waals surface area contributed by atoms with Gasteiger partial charge in [-0.25, -0.2) is 4.98 Å². The van der Waals surface area contributed by atoms with Crippen LogP contribution >= 0.6 is 0 Å². The number of amides is 1. The SMILES string of the molecule is COCCOc1ccc(C(=O)N[C@@H]2COc3cccc(-c4ccncc4C)c3C2)cn1. The van der Waals surface area contributed by atoms with E-state index in [4.69, 9.17) is 14.2 Å². The summed E-state index contributed by atoms with van der Waals surface area (Å²) in [6.07, 6.45) is 5.85. The molecule has 0 unspecified atom stereocenters. The summed E-state index contributed by atoms with van der Waals surface area (Å²) in [5.41, 5.74) is 4.89. The molecule has 0 spiro atoms. The second-order valence-electron chi connectivity index (χ2n) is 7.38. The summed E-state index contributed by atoms with van der Waals surface area (Å²) in [4.78, 5) is 21.1. The smallest absolute Gasteiger partial charge is 0.253 e. The van der Waals surface area contributed by atoms with Crippen LogP contribution in [-0.4, -0.2) is 48.8 Å². The lowest BCUT2D eigenvalue weighted by molar-refractivity contribution is 0.0915. The molecule has 1 atom stereocenters. The van der Waals surface area contributed by atoms with Crippen molar-refractivity contribution in [3.8, 4) is 22.8 Å². The Kier molecular flexibility index (Phi) is 6.43. The molecule has 1 aliphatic heterocycles. The van der Waals surface area contributed by atoms with Gasteiger partial charge in [0.25, 0.3) is 5.91 Å². The van der Waals surface area contributed by atoms with E-state index in [1.165, 1.54) is 6.20 Å². The molecule has 0 saturated heterocycles. The Bertz CT molecular complexity index is 1050. The van der Waals surface area contributed by atoms with Gasteiger partial charge in [-0.1, -0.05) is 12.1 Å². The van der Waals surface area contributed by atoms with Gasteiger partial charge in [0, 0.05) is 43.8 Å². The standard InChI is InChI=1S/C24H25N3O4/c1-16-13-25-9-8-19(16)20-4-3-5-22-21(20)12-18(15-31-22)27-24(28)17-6-7-23(26-14-17)30-11-10-29-2/h3-9,13-14,18H,10-12,15H2,1-2H3,(H,27,28)/t18-/m0/s1. The second-order valence-corrected chi connectivity index (χ2v) is 7.38. The number of hydrogen-bond acceptors (Lipinski definition) is 6. The Balaban J connectivity index is 1.46. The van der Waals surface area contributed by atoms with Gasteiger partial charge in [-0.15, -0.1) is 0 Å². The van der Waals surface area contributed by atoms with E-state index in [-0.39, 0.29) is 11.9 Å². The first kappa shape index (κ1) is 20.8. The van der Waals surface area contributed by atoms with Gasteiger partial charge in [-0.05, 0) is 41.8 Å². The van der Waals surface area contributed by atoms with Crippen LogP contribution in [0.1, 0.15) is 21.5 Å². The third-order valence-corrected chi connectivity index (χ3v) is 5.21. The third-order valence-electron chi connectivity index (χ3n) is 5.21. The average Bonchev–Trinajstić information content (AvgIpc) is 2.80. The van der Waals surface area contributed by atoms with Crippen molar-refractivity contribution in [1.29, 1.82) is 0 Å². The summed E-state index contributed by atoms with van der Waals surface area (Å²) in [5, 5.41) is 3.06. The number of methoxy groups -OCH3 is 1. The highest BCUT2D eigenvalue weighted by atomic mass is 16.5. The molecule has 31 heavy (non-hydrogen) atoms. The fraction of sp³-hybridized carbons (Fsp3) is 0.292. The second kappa shape index (κ2) is 9.57. The Labute approximate surface area is 181 Å². The van der Waals surface area contributed by atoms with Gasteiger partial charge in [-0.3, -0.25) is 9.78 Å². The number of aromatic nitrogens is 2. The zero-order valence-electron chi connectivity index (χ0n) is 17.6. The molecule has 1 aliphatic rings. The van der Waals surface area contributed by atoms with Crippen molar-refractivity contribution >= 4 is 5.91 Å². The molecule has 0 aliphatic carbocycles. The van der Waals surface area contributed by atoms with Crippen LogP contribution in [0.3, 0.4) is 0 Å². The molecule has 4 rings (SSSR count). The lowest BCUT2D eigenvalue weighted by Crippen LogP contribution is -2.42. The number of aryl methyl sites for hydroxylation is 1. The zero-order chi connectivity index (χ0) is 21.6. The molecule has 7 heteroatoms. The van der Waals surface area contributed by atoms with E-state index in [0.29, 0.717) is 37.7 Å². The highest BCUT2D eigenvalue weighted by Crippen LogP contribution is 2.35. The molecule has 1 aromatic carbocycles. The Morgan fingerprint density at radius 2 is 2.06 bits per heavy atom. The molecular formula is C24H25N3O4. The van der Waals surface area contributed by atoms with Crippen molar-refractivity contribution in [1.82, 2.24) is 15.3 Å². The fourth-order valence-corrected chi connectivity index (χ4v) is 3.63. The number of benzene rings is 1. The molecule has 0 fully saturated rings. The van der Waals surface area contributed by atoms with Crippen molar-refractivity contribution < 1.29 is 19.0 Å². The minimum atomic E-state index is -0.189. The summed E-state index contributed by atoms with van der Waals surface area (Å²) < 4.78 is 16.4. The van der Waals surface area contributed by atoms with Crippen LogP contribution in [0.25, 0.3) is 11.1 Å². The number of carbonyl (C=O) groups is 1. The Morgan fingerprint density at radius 1 is 1.16 bits per heavy atom. The molecule has 3 aromatic rings. The average molecular weight is 419 g/mol. The lowest BCUT2D eigenvalue weighted by Gasteiger charge is -2.28. The molecule has 3 heterocycles.